The molecule has 0 spiro atoms. The van der Waals surface area contributed by atoms with Gasteiger partial charge in [0.2, 0.25) is 0 Å². The fourth-order valence-electron chi connectivity index (χ4n) is 1.58. The Morgan fingerprint density at radius 2 is 2.12 bits per heavy atom. The third kappa shape index (κ3) is 2.96. The highest BCUT2D eigenvalue weighted by Gasteiger charge is 2.14. The number of rotatable bonds is 4. The zero-order valence-electron chi connectivity index (χ0n) is 9.97. The number of hydrogen-bond donors (Lipinski definition) is 0. The summed E-state index contributed by atoms with van der Waals surface area (Å²) < 4.78 is 0. The molecule has 2 aromatic heterocycles. The predicted octanol–water partition coefficient (Wildman–Crippen LogP) is 3.64. The van der Waals surface area contributed by atoms with Gasteiger partial charge in [-0.25, -0.2) is 0 Å². The molecule has 1 amide bonds. The first-order valence-electron chi connectivity index (χ1n) is 5.57. The van der Waals surface area contributed by atoms with Crippen molar-refractivity contribution >= 4 is 28.6 Å². The van der Waals surface area contributed by atoms with Gasteiger partial charge >= 0.3 is 0 Å². The smallest absolute Gasteiger partial charge is 0.263 e. The number of carbonyl (C=O) groups excluding carboxylic acids is 1. The van der Waals surface area contributed by atoms with E-state index < -0.39 is 0 Å². The molecule has 90 valence electrons. The van der Waals surface area contributed by atoms with Crippen molar-refractivity contribution in [2.75, 3.05) is 7.05 Å². The van der Waals surface area contributed by atoms with Gasteiger partial charge in [-0.2, -0.15) is 0 Å². The van der Waals surface area contributed by atoms with Crippen LogP contribution >= 0.6 is 22.7 Å². The highest BCUT2D eigenvalue weighted by atomic mass is 32.1. The summed E-state index contributed by atoms with van der Waals surface area (Å²) in [6.07, 6.45) is 0.993. The van der Waals surface area contributed by atoms with Crippen molar-refractivity contribution in [1.82, 2.24) is 4.90 Å². The zero-order valence-corrected chi connectivity index (χ0v) is 11.6. The molecule has 0 aliphatic rings. The zero-order chi connectivity index (χ0) is 12.3. The van der Waals surface area contributed by atoms with E-state index in [0.29, 0.717) is 6.54 Å². The fraction of sp³-hybridized carbons (Fsp3) is 0.308. The van der Waals surface area contributed by atoms with E-state index in [1.54, 1.807) is 27.6 Å². The maximum absolute atomic E-state index is 12.1. The van der Waals surface area contributed by atoms with E-state index in [0.717, 1.165) is 11.3 Å². The number of hydrogen-bond acceptors (Lipinski definition) is 3. The molecule has 2 rings (SSSR count). The fourth-order valence-corrected chi connectivity index (χ4v) is 3.28. The Labute approximate surface area is 110 Å². The van der Waals surface area contributed by atoms with Gasteiger partial charge < -0.3 is 4.90 Å². The second-order valence-electron chi connectivity index (χ2n) is 3.86. The minimum absolute atomic E-state index is 0.114. The molecule has 2 aromatic rings. The molecule has 0 fully saturated rings. The van der Waals surface area contributed by atoms with Crippen LogP contribution in [0.3, 0.4) is 0 Å². The van der Waals surface area contributed by atoms with Gasteiger partial charge in [0, 0.05) is 16.8 Å². The third-order valence-corrected chi connectivity index (χ3v) is 4.62. The van der Waals surface area contributed by atoms with Gasteiger partial charge in [0.05, 0.1) is 11.4 Å². The number of amides is 1. The summed E-state index contributed by atoms with van der Waals surface area (Å²) in [6.45, 7) is 2.80. The average Bonchev–Trinajstić information content (AvgIpc) is 2.98. The SMILES string of the molecule is CCc1ccc(C(=O)N(C)Cc2cccs2)s1. The van der Waals surface area contributed by atoms with Crippen LogP contribution in [0.5, 0.6) is 0 Å². The summed E-state index contributed by atoms with van der Waals surface area (Å²) in [5.74, 6) is 0.114. The summed E-state index contributed by atoms with van der Waals surface area (Å²) in [7, 11) is 1.85. The molecule has 17 heavy (non-hydrogen) atoms. The van der Waals surface area contributed by atoms with Crippen molar-refractivity contribution in [2.45, 2.75) is 19.9 Å². The first-order valence-corrected chi connectivity index (χ1v) is 7.27. The van der Waals surface area contributed by atoms with Crippen LogP contribution in [-0.4, -0.2) is 17.9 Å². The molecule has 0 N–H and O–H groups in total. The van der Waals surface area contributed by atoms with Crippen LogP contribution in [-0.2, 0) is 13.0 Å². The van der Waals surface area contributed by atoms with E-state index in [2.05, 4.69) is 13.0 Å². The normalized spacial score (nSPS) is 10.5. The molecule has 0 aliphatic heterocycles. The van der Waals surface area contributed by atoms with Gasteiger partial charge in [-0.3, -0.25) is 4.79 Å². The maximum Gasteiger partial charge on any atom is 0.263 e. The lowest BCUT2D eigenvalue weighted by atomic mass is 10.3. The van der Waals surface area contributed by atoms with E-state index in [1.165, 1.54) is 9.75 Å². The Hall–Kier alpha value is -1.13. The van der Waals surface area contributed by atoms with Crippen molar-refractivity contribution in [1.29, 1.82) is 0 Å². The Kier molecular flexibility index (Phi) is 3.97. The van der Waals surface area contributed by atoms with E-state index in [9.17, 15) is 4.79 Å². The molecule has 0 saturated heterocycles. The highest BCUT2D eigenvalue weighted by molar-refractivity contribution is 7.14. The number of thiophene rings is 2. The molecular formula is C13H15NOS2. The molecule has 0 aliphatic carbocycles. The minimum atomic E-state index is 0.114. The lowest BCUT2D eigenvalue weighted by Gasteiger charge is -2.14. The molecule has 4 heteroatoms. The Morgan fingerprint density at radius 1 is 1.29 bits per heavy atom. The van der Waals surface area contributed by atoms with Crippen molar-refractivity contribution in [3.8, 4) is 0 Å². The van der Waals surface area contributed by atoms with E-state index in [1.807, 2.05) is 30.6 Å². The Balaban J connectivity index is 2.04. The van der Waals surface area contributed by atoms with E-state index >= 15 is 0 Å². The molecular weight excluding hydrogens is 250 g/mol. The highest BCUT2D eigenvalue weighted by Crippen LogP contribution is 2.20. The Morgan fingerprint density at radius 3 is 2.71 bits per heavy atom. The quantitative estimate of drug-likeness (QED) is 0.826. The van der Waals surface area contributed by atoms with Crippen LogP contribution in [0.4, 0.5) is 0 Å². The standard InChI is InChI=1S/C13H15NOS2/c1-3-10-6-7-12(17-10)13(15)14(2)9-11-5-4-8-16-11/h4-8H,3,9H2,1-2H3. The van der Waals surface area contributed by atoms with Gasteiger partial charge in [-0.1, -0.05) is 13.0 Å². The summed E-state index contributed by atoms with van der Waals surface area (Å²) >= 11 is 3.28. The molecule has 0 unspecified atom stereocenters. The average molecular weight is 265 g/mol. The summed E-state index contributed by atoms with van der Waals surface area (Å²) in [5, 5.41) is 2.04. The predicted molar refractivity (Wildman–Crippen MR) is 73.8 cm³/mol. The number of aryl methyl sites for hydroxylation is 1. The molecule has 2 nitrogen and oxygen atoms in total. The maximum atomic E-state index is 12.1. The lowest BCUT2D eigenvalue weighted by molar-refractivity contribution is 0.0791. The molecule has 0 saturated carbocycles. The van der Waals surface area contributed by atoms with Crippen LogP contribution in [0.1, 0.15) is 26.3 Å². The monoisotopic (exact) mass is 265 g/mol. The van der Waals surface area contributed by atoms with Crippen LogP contribution in [0, 0.1) is 0 Å². The van der Waals surface area contributed by atoms with E-state index in [-0.39, 0.29) is 5.91 Å². The molecule has 0 radical (unpaired) electrons. The van der Waals surface area contributed by atoms with Crippen LogP contribution in [0.2, 0.25) is 0 Å². The van der Waals surface area contributed by atoms with Crippen molar-refractivity contribution in [3.05, 3.63) is 44.3 Å². The first kappa shape index (κ1) is 12.3. The molecule has 0 atom stereocenters. The summed E-state index contributed by atoms with van der Waals surface area (Å²) in [5.41, 5.74) is 0. The van der Waals surface area contributed by atoms with Gasteiger partial charge in [0.25, 0.3) is 5.91 Å². The lowest BCUT2D eigenvalue weighted by Crippen LogP contribution is -2.24. The van der Waals surface area contributed by atoms with Crippen LogP contribution < -0.4 is 0 Å². The minimum Gasteiger partial charge on any atom is -0.336 e. The third-order valence-electron chi connectivity index (χ3n) is 2.54. The van der Waals surface area contributed by atoms with E-state index in [4.69, 9.17) is 0 Å². The van der Waals surface area contributed by atoms with Crippen molar-refractivity contribution in [2.24, 2.45) is 0 Å². The molecule has 0 aromatic carbocycles. The second kappa shape index (κ2) is 5.47. The van der Waals surface area contributed by atoms with Crippen molar-refractivity contribution in [3.63, 3.8) is 0 Å². The van der Waals surface area contributed by atoms with Crippen molar-refractivity contribution < 1.29 is 4.79 Å². The van der Waals surface area contributed by atoms with Gasteiger partial charge in [0.1, 0.15) is 0 Å². The van der Waals surface area contributed by atoms with Gasteiger partial charge in [0.15, 0.2) is 0 Å². The topological polar surface area (TPSA) is 20.3 Å². The number of nitrogens with zero attached hydrogens (tertiary/aromatic N) is 1. The van der Waals surface area contributed by atoms with Crippen LogP contribution in [0.25, 0.3) is 0 Å². The van der Waals surface area contributed by atoms with Gasteiger partial charge in [-0.05, 0) is 30.0 Å². The number of carbonyl (C=O) groups is 1. The second-order valence-corrected chi connectivity index (χ2v) is 6.06. The van der Waals surface area contributed by atoms with Crippen LogP contribution in [0.15, 0.2) is 29.6 Å². The van der Waals surface area contributed by atoms with Gasteiger partial charge in [-0.15, -0.1) is 22.7 Å². The molecule has 2 heterocycles. The first-order chi connectivity index (χ1) is 8.20. The summed E-state index contributed by atoms with van der Waals surface area (Å²) in [4.78, 5) is 17.2. The summed E-state index contributed by atoms with van der Waals surface area (Å²) in [6, 6.07) is 8.03. The Bertz CT molecular complexity index is 487. The largest absolute Gasteiger partial charge is 0.336 e. The molecule has 0 bridgehead atoms.